The maximum absolute atomic E-state index is 12.0. The van der Waals surface area contributed by atoms with Crippen LogP contribution in [0.5, 0.6) is 0 Å². The smallest absolute Gasteiger partial charge is 0.289 e. The molecule has 0 saturated carbocycles. The Labute approximate surface area is 99.5 Å². The number of rotatable bonds is 2. The van der Waals surface area contributed by atoms with Gasteiger partial charge in [0.2, 0.25) is 0 Å². The molecular formula is C11H15ClN2O2. The largest absolute Gasteiger partial charge is 0.440 e. The number of nitrogens with zero attached hydrogens (tertiary/aromatic N) is 1. The number of piperidine rings is 1. The maximum Gasteiger partial charge on any atom is 0.289 e. The molecule has 1 aromatic rings. The van der Waals surface area contributed by atoms with Crippen molar-refractivity contribution >= 4 is 17.5 Å². The molecule has 0 radical (unpaired) electrons. The van der Waals surface area contributed by atoms with Crippen molar-refractivity contribution < 1.29 is 9.21 Å². The summed E-state index contributed by atoms with van der Waals surface area (Å²) in [7, 11) is 1.80. The fourth-order valence-electron chi connectivity index (χ4n) is 1.93. The van der Waals surface area contributed by atoms with Gasteiger partial charge in [-0.1, -0.05) is 0 Å². The quantitative estimate of drug-likeness (QED) is 0.860. The second kappa shape index (κ2) is 4.89. The van der Waals surface area contributed by atoms with Gasteiger partial charge in [0.25, 0.3) is 5.91 Å². The average molecular weight is 243 g/mol. The number of carbonyl (C=O) groups excluding carboxylic acids is 1. The van der Waals surface area contributed by atoms with E-state index in [2.05, 4.69) is 5.32 Å². The Morgan fingerprint density at radius 3 is 3.00 bits per heavy atom. The predicted molar refractivity (Wildman–Crippen MR) is 61.7 cm³/mol. The molecule has 1 saturated heterocycles. The summed E-state index contributed by atoms with van der Waals surface area (Å²) in [4.78, 5) is 13.7. The van der Waals surface area contributed by atoms with Crippen LogP contribution in [0.1, 0.15) is 23.4 Å². The van der Waals surface area contributed by atoms with Gasteiger partial charge >= 0.3 is 0 Å². The zero-order chi connectivity index (χ0) is 11.5. The molecule has 2 rings (SSSR count). The molecular weight excluding hydrogens is 228 g/mol. The van der Waals surface area contributed by atoms with Crippen LogP contribution in [0.15, 0.2) is 16.5 Å². The van der Waals surface area contributed by atoms with E-state index in [4.69, 9.17) is 16.0 Å². The van der Waals surface area contributed by atoms with E-state index in [9.17, 15) is 4.79 Å². The summed E-state index contributed by atoms with van der Waals surface area (Å²) in [5.41, 5.74) is 0. The summed E-state index contributed by atoms with van der Waals surface area (Å²) in [6.45, 7) is 1.88. The molecule has 1 atom stereocenters. The van der Waals surface area contributed by atoms with E-state index in [1.807, 2.05) is 0 Å². The van der Waals surface area contributed by atoms with Crippen LogP contribution in [0.4, 0.5) is 0 Å². The molecule has 1 unspecified atom stereocenters. The highest BCUT2D eigenvalue weighted by atomic mass is 35.5. The minimum absolute atomic E-state index is 0.111. The number of hydrogen-bond acceptors (Lipinski definition) is 3. The van der Waals surface area contributed by atoms with E-state index < -0.39 is 0 Å². The van der Waals surface area contributed by atoms with Crippen LogP contribution in [-0.2, 0) is 0 Å². The highest BCUT2D eigenvalue weighted by Crippen LogP contribution is 2.17. The first-order valence-corrected chi connectivity index (χ1v) is 5.79. The molecule has 0 aliphatic carbocycles. The maximum atomic E-state index is 12.0. The fourth-order valence-corrected chi connectivity index (χ4v) is 2.08. The van der Waals surface area contributed by atoms with Crippen molar-refractivity contribution in [3.05, 3.63) is 23.1 Å². The van der Waals surface area contributed by atoms with Gasteiger partial charge in [-0.3, -0.25) is 4.79 Å². The number of carbonyl (C=O) groups is 1. The normalized spacial score (nSPS) is 20.8. The summed E-state index contributed by atoms with van der Waals surface area (Å²) in [6.07, 6.45) is 2.13. The van der Waals surface area contributed by atoms with E-state index in [1.165, 1.54) is 0 Å². The van der Waals surface area contributed by atoms with E-state index in [0.29, 0.717) is 5.76 Å². The van der Waals surface area contributed by atoms with Crippen molar-refractivity contribution in [2.45, 2.75) is 18.9 Å². The van der Waals surface area contributed by atoms with Crippen molar-refractivity contribution in [2.24, 2.45) is 0 Å². The number of likely N-dealkylation sites (N-methyl/N-ethyl adjacent to an activating group) is 1. The number of furan rings is 1. The van der Waals surface area contributed by atoms with Gasteiger partial charge in [0.05, 0.1) is 0 Å². The number of halogens is 1. The SMILES string of the molecule is CN(C(=O)c1ccc(Cl)o1)C1CCCNC1. The van der Waals surface area contributed by atoms with Crippen LogP contribution in [-0.4, -0.2) is 37.0 Å². The topological polar surface area (TPSA) is 45.5 Å². The zero-order valence-electron chi connectivity index (χ0n) is 9.20. The van der Waals surface area contributed by atoms with Crippen molar-refractivity contribution in [1.82, 2.24) is 10.2 Å². The molecule has 1 aliphatic heterocycles. The lowest BCUT2D eigenvalue weighted by Gasteiger charge is -2.31. The summed E-state index contributed by atoms with van der Waals surface area (Å²) in [5, 5.41) is 3.53. The molecule has 88 valence electrons. The van der Waals surface area contributed by atoms with Gasteiger partial charge in [-0.15, -0.1) is 0 Å². The van der Waals surface area contributed by atoms with E-state index in [0.717, 1.165) is 25.9 Å². The second-order valence-corrected chi connectivity index (χ2v) is 4.39. The molecule has 1 fully saturated rings. The van der Waals surface area contributed by atoms with Crippen LogP contribution in [0, 0.1) is 0 Å². The van der Waals surface area contributed by atoms with Gasteiger partial charge in [-0.25, -0.2) is 0 Å². The first kappa shape index (κ1) is 11.5. The number of nitrogens with one attached hydrogen (secondary N) is 1. The van der Waals surface area contributed by atoms with Crippen LogP contribution >= 0.6 is 11.6 Å². The van der Waals surface area contributed by atoms with Crippen molar-refractivity contribution in [3.63, 3.8) is 0 Å². The molecule has 0 spiro atoms. The van der Waals surface area contributed by atoms with Crippen LogP contribution in [0.2, 0.25) is 5.22 Å². The highest BCUT2D eigenvalue weighted by Gasteiger charge is 2.24. The first-order valence-electron chi connectivity index (χ1n) is 5.41. The Kier molecular flexibility index (Phi) is 3.51. The van der Waals surface area contributed by atoms with Crippen molar-refractivity contribution in [1.29, 1.82) is 0 Å². The summed E-state index contributed by atoms with van der Waals surface area (Å²) in [5.74, 6) is 0.193. The highest BCUT2D eigenvalue weighted by molar-refractivity contribution is 6.29. The summed E-state index contributed by atoms with van der Waals surface area (Å²) in [6, 6.07) is 3.43. The third kappa shape index (κ3) is 2.39. The lowest BCUT2D eigenvalue weighted by molar-refractivity contribution is 0.0676. The molecule has 0 bridgehead atoms. The van der Waals surface area contributed by atoms with Crippen molar-refractivity contribution in [2.75, 3.05) is 20.1 Å². The second-order valence-electron chi connectivity index (χ2n) is 4.02. The molecule has 1 aromatic heterocycles. The molecule has 5 heteroatoms. The third-order valence-corrected chi connectivity index (χ3v) is 3.13. The molecule has 2 heterocycles. The standard InChI is InChI=1S/C11H15ClN2O2/c1-14(8-3-2-6-13-7-8)11(15)9-4-5-10(12)16-9/h4-5,8,13H,2-3,6-7H2,1H3. The van der Waals surface area contributed by atoms with Gasteiger partial charge in [0.15, 0.2) is 11.0 Å². The molecule has 16 heavy (non-hydrogen) atoms. The Morgan fingerprint density at radius 1 is 1.62 bits per heavy atom. The summed E-state index contributed by atoms with van der Waals surface area (Å²) < 4.78 is 5.11. The monoisotopic (exact) mass is 242 g/mol. The molecule has 4 nitrogen and oxygen atoms in total. The van der Waals surface area contributed by atoms with Crippen LogP contribution < -0.4 is 5.32 Å². The minimum Gasteiger partial charge on any atom is -0.440 e. The van der Waals surface area contributed by atoms with Crippen LogP contribution in [0.3, 0.4) is 0 Å². The lowest BCUT2D eigenvalue weighted by atomic mass is 10.1. The Hall–Kier alpha value is -1.00. The molecule has 1 amide bonds. The van der Waals surface area contributed by atoms with E-state index >= 15 is 0 Å². The number of amides is 1. The minimum atomic E-state index is -0.111. The fraction of sp³-hybridized carbons (Fsp3) is 0.545. The van der Waals surface area contributed by atoms with Gasteiger partial charge in [-0.05, 0) is 43.1 Å². The Bertz CT molecular complexity index is 372. The molecule has 0 aromatic carbocycles. The zero-order valence-corrected chi connectivity index (χ0v) is 9.96. The van der Waals surface area contributed by atoms with Crippen LogP contribution in [0.25, 0.3) is 0 Å². The molecule has 1 aliphatic rings. The predicted octanol–water partition coefficient (Wildman–Crippen LogP) is 1.76. The summed E-state index contributed by atoms with van der Waals surface area (Å²) >= 11 is 5.65. The Balaban J connectivity index is 2.03. The first-order chi connectivity index (χ1) is 7.68. The lowest BCUT2D eigenvalue weighted by Crippen LogP contribution is -2.46. The third-order valence-electron chi connectivity index (χ3n) is 2.92. The Morgan fingerprint density at radius 2 is 2.44 bits per heavy atom. The van der Waals surface area contributed by atoms with E-state index in [1.54, 1.807) is 24.1 Å². The molecule has 1 N–H and O–H groups in total. The van der Waals surface area contributed by atoms with Gasteiger partial charge in [0.1, 0.15) is 0 Å². The average Bonchev–Trinajstić information content (AvgIpc) is 2.75. The van der Waals surface area contributed by atoms with Gasteiger partial charge < -0.3 is 14.6 Å². The van der Waals surface area contributed by atoms with E-state index in [-0.39, 0.29) is 17.2 Å². The van der Waals surface area contributed by atoms with Crippen molar-refractivity contribution in [3.8, 4) is 0 Å². The van der Waals surface area contributed by atoms with Gasteiger partial charge in [-0.2, -0.15) is 0 Å². The van der Waals surface area contributed by atoms with Gasteiger partial charge in [0, 0.05) is 19.6 Å². The number of hydrogen-bond donors (Lipinski definition) is 1.